The lowest BCUT2D eigenvalue weighted by Crippen LogP contribution is -2.55. The number of fused-ring (bicyclic) bond motifs is 1. The first-order valence-electron chi connectivity index (χ1n) is 21.0. The number of epoxide rings is 2. The predicted molar refractivity (Wildman–Crippen MR) is 223 cm³/mol. The number of benzene rings is 1. The Morgan fingerprint density at radius 1 is 0.918 bits per heavy atom. The second-order valence-electron chi connectivity index (χ2n) is 15.8. The minimum Gasteiger partial charge on any atom is -0.494 e. The molecule has 0 spiro atoms. The van der Waals surface area contributed by atoms with Crippen LogP contribution in [0.3, 0.4) is 0 Å². The number of aliphatic hydroxyl groups is 1. The Labute approximate surface area is 356 Å². The summed E-state index contributed by atoms with van der Waals surface area (Å²) in [6.07, 6.45) is 3.94. The van der Waals surface area contributed by atoms with E-state index >= 15 is 0 Å². The number of amides is 3. The number of aromatic nitrogens is 4. The Hall–Kier alpha value is -5.07. The molecule has 0 radical (unpaired) electrons. The van der Waals surface area contributed by atoms with Gasteiger partial charge in [-0.3, -0.25) is 24.3 Å². The van der Waals surface area contributed by atoms with Crippen LogP contribution in [0, 0.1) is 11.3 Å². The Morgan fingerprint density at radius 2 is 1.59 bits per heavy atom. The summed E-state index contributed by atoms with van der Waals surface area (Å²) in [5.74, 6) is 0.317. The van der Waals surface area contributed by atoms with Crippen LogP contribution in [0.2, 0.25) is 0 Å². The molecular formula is C41H53N9O10S. The number of pyridine rings is 1. The first-order valence-corrected chi connectivity index (χ1v) is 22.2. The van der Waals surface area contributed by atoms with E-state index in [1.54, 1.807) is 30.5 Å². The number of nitrogens with zero attached hydrogens (tertiary/aromatic N) is 8. The van der Waals surface area contributed by atoms with Crippen molar-refractivity contribution in [1.29, 1.82) is 5.26 Å². The average Bonchev–Trinajstić information content (AvgIpc) is 4.22. The lowest BCUT2D eigenvalue weighted by Gasteiger charge is -2.34. The number of carbonyl (C=O) groups excluding carboxylic acids is 3. The summed E-state index contributed by atoms with van der Waals surface area (Å²) in [7, 11) is 0. The van der Waals surface area contributed by atoms with Gasteiger partial charge in [0.15, 0.2) is 0 Å². The van der Waals surface area contributed by atoms with Crippen LogP contribution in [0.1, 0.15) is 48.9 Å². The fraction of sp³-hybridized carbons (Fsp3) is 0.610. The van der Waals surface area contributed by atoms with Crippen LogP contribution in [-0.4, -0.2) is 158 Å². The molecule has 0 bridgehead atoms. The molecule has 4 fully saturated rings. The number of aliphatic hydroxyl groups excluding tert-OH is 1. The zero-order valence-corrected chi connectivity index (χ0v) is 35.0. The molecule has 1 aromatic carbocycles. The van der Waals surface area contributed by atoms with Gasteiger partial charge in [0.1, 0.15) is 11.8 Å². The second kappa shape index (κ2) is 20.7. The third kappa shape index (κ3) is 11.7. The molecule has 7 rings (SSSR count). The summed E-state index contributed by atoms with van der Waals surface area (Å²) >= 11 is 1.30. The maximum Gasteiger partial charge on any atom is 0.336 e. The van der Waals surface area contributed by atoms with Gasteiger partial charge in [0.2, 0.25) is 11.8 Å². The van der Waals surface area contributed by atoms with Crippen LogP contribution in [0.25, 0.3) is 10.9 Å². The average molecular weight is 864 g/mol. The van der Waals surface area contributed by atoms with Crippen LogP contribution in [0.15, 0.2) is 44.8 Å². The third-order valence-corrected chi connectivity index (χ3v) is 12.5. The minimum absolute atomic E-state index is 0.00582. The molecule has 2 N–H and O–H groups in total. The molecule has 3 amide bonds. The summed E-state index contributed by atoms with van der Waals surface area (Å²) in [4.78, 5) is 88.2. The highest BCUT2D eigenvalue weighted by molar-refractivity contribution is 7.99. The normalized spacial score (nSPS) is 20.4. The number of carbonyl (C=O) groups is 3. The van der Waals surface area contributed by atoms with Crippen LogP contribution < -0.4 is 27.1 Å². The highest BCUT2D eigenvalue weighted by Gasteiger charge is 2.29. The van der Waals surface area contributed by atoms with Crippen molar-refractivity contribution < 1.29 is 33.7 Å². The van der Waals surface area contributed by atoms with Crippen LogP contribution in [-0.2, 0) is 38.7 Å². The molecule has 61 heavy (non-hydrogen) atoms. The van der Waals surface area contributed by atoms with Crippen molar-refractivity contribution in [3.63, 3.8) is 0 Å². The van der Waals surface area contributed by atoms with Gasteiger partial charge in [0.05, 0.1) is 67.6 Å². The van der Waals surface area contributed by atoms with Gasteiger partial charge in [-0.1, -0.05) is 0 Å². The molecule has 19 nitrogen and oxygen atoms in total. The first kappa shape index (κ1) is 44.0. The zero-order chi connectivity index (χ0) is 42.9. The second-order valence-corrected chi connectivity index (χ2v) is 16.8. The fourth-order valence-electron chi connectivity index (χ4n) is 7.67. The van der Waals surface area contributed by atoms with Gasteiger partial charge in [-0.05, 0) is 62.8 Å². The summed E-state index contributed by atoms with van der Waals surface area (Å²) in [5, 5.41) is 23.3. The van der Waals surface area contributed by atoms with Gasteiger partial charge < -0.3 is 34.4 Å². The minimum atomic E-state index is -0.869. The number of likely N-dealkylation sites (tertiary alicyclic amines) is 1. The van der Waals surface area contributed by atoms with Crippen LogP contribution in [0.5, 0.6) is 5.75 Å². The summed E-state index contributed by atoms with van der Waals surface area (Å²) in [6, 6.07) is 8.65. The number of nitriles is 1. The zero-order valence-electron chi connectivity index (χ0n) is 34.2. The quantitative estimate of drug-likeness (QED) is 0.103. The Balaban J connectivity index is 0.800. The van der Waals surface area contributed by atoms with E-state index in [1.165, 1.54) is 16.7 Å². The van der Waals surface area contributed by atoms with Crippen molar-refractivity contribution in [2.24, 2.45) is 0 Å². The molecule has 6 heterocycles. The van der Waals surface area contributed by atoms with E-state index in [0.717, 1.165) is 33.1 Å². The molecule has 0 aliphatic carbocycles. The van der Waals surface area contributed by atoms with E-state index in [-0.39, 0.29) is 68.1 Å². The highest BCUT2D eigenvalue weighted by atomic mass is 32.2. The number of hydrogen-bond donors (Lipinski definition) is 2. The smallest absolute Gasteiger partial charge is 0.336 e. The lowest BCUT2D eigenvalue weighted by molar-refractivity contribution is -0.130. The van der Waals surface area contributed by atoms with Gasteiger partial charge in [-0.15, -0.1) is 11.8 Å². The molecule has 4 aliphatic heterocycles. The van der Waals surface area contributed by atoms with Crippen molar-refractivity contribution in [2.45, 2.75) is 82.5 Å². The number of ether oxygens (including phenoxy) is 3. The molecule has 328 valence electrons. The number of nitrogens with one attached hydrogen (secondary N) is 1. The van der Waals surface area contributed by atoms with Crippen LogP contribution in [0.4, 0.5) is 0 Å². The van der Waals surface area contributed by atoms with E-state index in [4.69, 9.17) is 14.2 Å². The van der Waals surface area contributed by atoms with Gasteiger partial charge >= 0.3 is 17.1 Å². The van der Waals surface area contributed by atoms with Crippen LogP contribution >= 0.6 is 11.8 Å². The van der Waals surface area contributed by atoms with Gasteiger partial charge in [0, 0.05) is 76.2 Å². The highest BCUT2D eigenvalue weighted by Crippen LogP contribution is 2.24. The standard InChI is InChI=1S/C41H53N9O10S/c42-22-28-3-1-12-47(28)36(52)23-44-38(54)33-6-10-43-35-5-4-30(21-34(33)35)58-20-2-11-45-16-18-46(19-17-45)37(53)27-61-26-29(51)7-13-48-39(55)49(14-8-31-24-59-31)41(57)50(40(48)56)15-9-32-25-60-32/h4-6,10,21,28-29,31-32,51H,1-3,7-9,11-20,23-27H2,(H,44,54)/t28-,29?,31?,32?/m0/s1. The van der Waals surface area contributed by atoms with Gasteiger partial charge in [-0.2, -0.15) is 5.26 Å². The molecule has 4 aliphatic rings. The molecule has 2 aromatic heterocycles. The SMILES string of the molecule is N#C[C@@H]1CCCN1C(=O)CNC(=O)c1ccnc2ccc(OCCCN3CCN(C(=O)CSCC(O)CCn4c(=O)n(CCC5CO5)c(=O)n(CCC5CO5)c4=O)CC3)cc12. The predicted octanol–water partition coefficient (Wildman–Crippen LogP) is -0.360. The van der Waals surface area contributed by atoms with Crippen molar-refractivity contribution in [3.05, 3.63) is 67.5 Å². The Bertz CT molecular complexity index is 2220. The van der Waals surface area contributed by atoms with Crippen molar-refractivity contribution in [3.8, 4) is 11.8 Å². The number of thioether (sulfide) groups is 1. The number of piperazine rings is 1. The summed E-state index contributed by atoms with van der Waals surface area (Å²) in [6.45, 7) is 5.51. The Morgan fingerprint density at radius 3 is 2.25 bits per heavy atom. The molecule has 4 atom stereocenters. The van der Waals surface area contributed by atoms with E-state index < -0.39 is 35.1 Å². The van der Waals surface area contributed by atoms with Crippen molar-refractivity contribution >= 4 is 40.4 Å². The summed E-state index contributed by atoms with van der Waals surface area (Å²) < 4.78 is 19.7. The maximum absolute atomic E-state index is 13.2. The van der Waals surface area contributed by atoms with Crippen molar-refractivity contribution in [1.82, 2.24) is 38.7 Å². The van der Waals surface area contributed by atoms with E-state index in [9.17, 15) is 39.1 Å². The fourth-order valence-corrected chi connectivity index (χ4v) is 8.59. The topological polar surface area (TPSA) is 230 Å². The summed E-state index contributed by atoms with van der Waals surface area (Å²) in [5.41, 5.74) is -1.05. The number of hydrogen-bond acceptors (Lipinski definition) is 14. The molecule has 3 unspecified atom stereocenters. The third-order valence-electron chi connectivity index (χ3n) is 11.5. The van der Waals surface area contributed by atoms with E-state index in [1.807, 2.05) is 4.90 Å². The lowest BCUT2D eigenvalue weighted by atomic mass is 10.1. The molecular weight excluding hydrogens is 811 g/mol. The monoisotopic (exact) mass is 863 g/mol. The molecule has 0 saturated carbocycles. The largest absolute Gasteiger partial charge is 0.494 e. The Kier molecular flexibility index (Phi) is 14.9. The van der Waals surface area contributed by atoms with Gasteiger partial charge in [0.25, 0.3) is 5.91 Å². The molecule has 4 saturated heterocycles. The van der Waals surface area contributed by atoms with E-state index in [2.05, 4.69) is 21.3 Å². The van der Waals surface area contributed by atoms with Crippen molar-refractivity contribution in [2.75, 3.05) is 77.1 Å². The first-order chi connectivity index (χ1) is 29.6. The maximum atomic E-state index is 13.2. The molecule has 20 heteroatoms. The van der Waals surface area contributed by atoms with E-state index in [0.29, 0.717) is 94.0 Å². The number of rotatable bonds is 21. The molecule has 3 aromatic rings. The van der Waals surface area contributed by atoms with Gasteiger partial charge in [-0.25, -0.2) is 28.1 Å².